The van der Waals surface area contributed by atoms with E-state index in [4.69, 9.17) is 16.3 Å². The molecule has 1 amide bonds. The zero-order chi connectivity index (χ0) is 15.1. The highest BCUT2D eigenvalue weighted by Crippen LogP contribution is 2.34. The van der Waals surface area contributed by atoms with E-state index in [1.165, 1.54) is 0 Å². The maximum Gasteiger partial charge on any atom is 0.229 e. The molecule has 3 heterocycles. The second-order valence-electron chi connectivity index (χ2n) is 5.65. The molecule has 0 unspecified atom stereocenters. The van der Waals surface area contributed by atoms with Crippen LogP contribution < -0.4 is 4.90 Å². The first-order valence-electron chi connectivity index (χ1n) is 7.38. The minimum Gasteiger partial charge on any atom is -0.378 e. The van der Waals surface area contributed by atoms with Gasteiger partial charge in [-0.1, -0.05) is 22.9 Å². The Morgan fingerprint density at radius 2 is 2.09 bits per heavy atom. The molecule has 0 bridgehead atoms. The van der Waals surface area contributed by atoms with E-state index in [0.717, 1.165) is 46.5 Å². The van der Waals surface area contributed by atoms with Crippen LogP contribution in [0.15, 0.2) is 18.2 Å². The number of hydrogen-bond donors (Lipinski definition) is 0. The molecule has 2 saturated heterocycles. The van der Waals surface area contributed by atoms with Crippen LogP contribution in [0.5, 0.6) is 0 Å². The van der Waals surface area contributed by atoms with Crippen molar-refractivity contribution < 1.29 is 9.53 Å². The predicted octanol–water partition coefficient (Wildman–Crippen LogP) is 2.24. The van der Waals surface area contributed by atoms with Crippen molar-refractivity contribution in [2.45, 2.75) is 0 Å². The summed E-state index contributed by atoms with van der Waals surface area (Å²) in [5.41, 5.74) is 0.965. The van der Waals surface area contributed by atoms with Gasteiger partial charge in [-0.25, -0.2) is 4.98 Å². The van der Waals surface area contributed by atoms with Crippen LogP contribution in [0.4, 0.5) is 5.13 Å². The van der Waals surface area contributed by atoms with Crippen LogP contribution in [0.1, 0.15) is 0 Å². The van der Waals surface area contributed by atoms with E-state index in [-0.39, 0.29) is 11.8 Å². The fourth-order valence-electron chi connectivity index (χ4n) is 2.85. The standard InChI is InChI=1S/C15H16ClN3O2S/c16-11-1-2-12-13(7-11)22-15(17-12)19-8-10(9-19)14(20)18-3-5-21-6-4-18/h1-2,7,10H,3-6,8-9H2. The van der Waals surface area contributed by atoms with Crippen molar-refractivity contribution in [1.82, 2.24) is 9.88 Å². The molecule has 22 heavy (non-hydrogen) atoms. The van der Waals surface area contributed by atoms with E-state index in [0.29, 0.717) is 13.2 Å². The Kier molecular flexibility index (Phi) is 3.68. The van der Waals surface area contributed by atoms with Gasteiger partial charge in [-0.3, -0.25) is 4.79 Å². The molecule has 0 N–H and O–H groups in total. The molecule has 0 aliphatic carbocycles. The van der Waals surface area contributed by atoms with Crippen LogP contribution >= 0.6 is 22.9 Å². The fraction of sp³-hybridized carbons (Fsp3) is 0.467. The van der Waals surface area contributed by atoms with Crippen LogP contribution in [0.3, 0.4) is 0 Å². The summed E-state index contributed by atoms with van der Waals surface area (Å²) in [4.78, 5) is 21.1. The molecule has 1 aromatic heterocycles. The van der Waals surface area contributed by atoms with E-state index in [1.54, 1.807) is 11.3 Å². The summed E-state index contributed by atoms with van der Waals surface area (Å²) in [6, 6.07) is 5.73. The third-order valence-electron chi connectivity index (χ3n) is 4.16. The van der Waals surface area contributed by atoms with Gasteiger partial charge in [-0.15, -0.1) is 0 Å². The molecule has 2 aliphatic rings. The molecule has 2 fully saturated rings. The summed E-state index contributed by atoms with van der Waals surface area (Å²) in [5.74, 6) is 0.345. The third-order valence-corrected chi connectivity index (χ3v) is 5.48. The van der Waals surface area contributed by atoms with E-state index in [9.17, 15) is 4.79 Å². The number of amides is 1. The number of ether oxygens (including phenoxy) is 1. The van der Waals surface area contributed by atoms with E-state index in [2.05, 4.69) is 9.88 Å². The van der Waals surface area contributed by atoms with Crippen LogP contribution in [0.2, 0.25) is 5.02 Å². The highest BCUT2D eigenvalue weighted by molar-refractivity contribution is 7.22. The number of carbonyl (C=O) groups excluding carboxylic acids is 1. The van der Waals surface area contributed by atoms with Crippen LogP contribution in [0, 0.1) is 5.92 Å². The van der Waals surface area contributed by atoms with Crippen molar-refractivity contribution in [3.8, 4) is 0 Å². The quantitative estimate of drug-likeness (QED) is 0.843. The van der Waals surface area contributed by atoms with Gasteiger partial charge in [0.2, 0.25) is 5.91 Å². The average molecular weight is 338 g/mol. The summed E-state index contributed by atoms with van der Waals surface area (Å²) < 4.78 is 6.38. The molecule has 5 nitrogen and oxygen atoms in total. The van der Waals surface area contributed by atoms with Gasteiger partial charge in [0.05, 0.1) is 29.3 Å². The summed E-state index contributed by atoms with van der Waals surface area (Å²) in [5, 5.41) is 1.70. The molecule has 0 spiro atoms. The third kappa shape index (κ3) is 2.55. The molecule has 0 saturated carbocycles. The Morgan fingerprint density at radius 3 is 2.86 bits per heavy atom. The molecule has 116 valence electrons. The zero-order valence-electron chi connectivity index (χ0n) is 12.0. The second-order valence-corrected chi connectivity index (χ2v) is 7.09. The fourth-order valence-corrected chi connectivity index (χ4v) is 4.11. The van der Waals surface area contributed by atoms with Crippen molar-refractivity contribution in [2.24, 2.45) is 5.92 Å². The van der Waals surface area contributed by atoms with Crippen LogP contribution in [-0.2, 0) is 9.53 Å². The highest BCUT2D eigenvalue weighted by Gasteiger charge is 2.37. The van der Waals surface area contributed by atoms with Gasteiger partial charge in [0.1, 0.15) is 0 Å². The zero-order valence-corrected chi connectivity index (χ0v) is 13.6. The van der Waals surface area contributed by atoms with E-state index in [1.807, 2.05) is 23.1 Å². The number of rotatable bonds is 2. The summed E-state index contributed by atoms with van der Waals surface area (Å²) in [6.45, 7) is 4.25. The maximum atomic E-state index is 12.4. The molecular formula is C15H16ClN3O2S. The van der Waals surface area contributed by atoms with Crippen LogP contribution in [0.25, 0.3) is 10.2 Å². The molecule has 2 aromatic rings. The Hall–Kier alpha value is -1.37. The van der Waals surface area contributed by atoms with Gasteiger partial charge in [-0.05, 0) is 18.2 Å². The van der Waals surface area contributed by atoms with E-state index < -0.39 is 0 Å². The number of thiazole rings is 1. The van der Waals surface area contributed by atoms with Gasteiger partial charge in [-0.2, -0.15) is 0 Å². The number of nitrogens with zero attached hydrogens (tertiary/aromatic N) is 3. The topological polar surface area (TPSA) is 45.7 Å². The number of benzene rings is 1. The Bertz CT molecular complexity index is 708. The highest BCUT2D eigenvalue weighted by atomic mass is 35.5. The SMILES string of the molecule is O=C(C1CN(c2nc3ccc(Cl)cc3s2)C1)N1CCOCC1. The summed E-state index contributed by atoms with van der Waals surface area (Å²) in [6.07, 6.45) is 0. The first kappa shape index (κ1) is 14.2. The van der Waals surface area contributed by atoms with Gasteiger partial charge in [0, 0.05) is 31.2 Å². The lowest BCUT2D eigenvalue weighted by molar-refractivity contribution is -0.140. The van der Waals surface area contributed by atoms with E-state index >= 15 is 0 Å². The Labute approximate surface area is 137 Å². The van der Waals surface area contributed by atoms with Gasteiger partial charge >= 0.3 is 0 Å². The molecule has 1 aromatic carbocycles. The van der Waals surface area contributed by atoms with Crippen molar-refractivity contribution in [3.05, 3.63) is 23.2 Å². The number of fused-ring (bicyclic) bond motifs is 1. The average Bonchev–Trinajstić information content (AvgIpc) is 2.89. The van der Waals surface area contributed by atoms with Gasteiger partial charge < -0.3 is 14.5 Å². The molecule has 0 radical (unpaired) electrons. The number of carbonyl (C=O) groups is 1. The van der Waals surface area contributed by atoms with Gasteiger partial charge in [0.25, 0.3) is 0 Å². The minimum absolute atomic E-state index is 0.0914. The van der Waals surface area contributed by atoms with Crippen LogP contribution in [-0.4, -0.2) is 55.2 Å². The smallest absolute Gasteiger partial charge is 0.229 e. The lowest BCUT2D eigenvalue weighted by Gasteiger charge is -2.41. The molecule has 2 aliphatic heterocycles. The summed E-state index contributed by atoms with van der Waals surface area (Å²) >= 11 is 7.64. The molecular weight excluding hydrogens is 322 g/mol. The second kappa shape index (κ2) is 5.68. The molecule has 0 atom stereocenters. The number of aromatic nitrogens is 1. The number of hydrogen-bond acceptors (Lipinski definition) is 5. The number of anilines is 1. The lowest BCUT2D eigenvalue weighted by Crippen LogP contribution is -2.56. The predicted molar refractivity (Wildman–Crippen MR) is 87.7 cm³/mol. The molecule has 7 heteroatoms. The van der Waals surface area contributed by atoms with Gasteiger partial charge in [0.15, 0.2) is 5.13 Å². The Balaban J connectivity index is 1.42. The lowest BCUT2D eigenvalue weighted by atomic mass is 9.99. The summed E-state index contributed by atoms with van der Waals surface area (Å²) in [7, 11) is 0. The first-order valence-corrected chi connectivity index (χ1v) is 8.58. The molecule has 4 rings (SSSR count). The van der Waals surface area contributed by atoms with Crippen molar-refractivity contribution in [1.29, 1.82) is 0 Å². The number of halogens is 1. The number of morpholine rings is 1. The van der Waals surface area contributed by atoms with Crippen molar-refractivity contribution >= 4 is 44.2 Å². The first-order chi connectivity index (χ1) is 10.7. The maximum absolute atomic E-state index is 12.4. The normalized spacial score (nSPS) is 19.5. The van der Waals surface area contributed by atoms with Crippen molar-refractivity contribution in [2.75, 3.05) is 44.3 Å². The van der Waals surface area contributed by atoms with Crippen molar-refractivity contribution in [3.63, 3.8) is 0 Å². The largest absolute Gasteiger partial charge is 0.378 e. The monoisotopic (exact) mass is 337 g/mol. The Morgan fingerprint density at radius 1 is 1.32 bits per heavy atom. The minimum atomic E-state index is 0.0914.